The molecule has 2 N–H and O–H groups in total. The summed E-state index contributed by atoms with van der Waals surface area (Å²) in [5.41, 5.74) is 10.7. The van der Waals surface area contributed by atoms with Crippen molar-refractivity contribution in [3.63, 3.8) is 0 Å². The number of hydrogen-bond acceptors (Lipinski definition) is 4. The van der Waals surface area contributed by atoms with E-state index in [-0.39, 0.29) is 0 Å². The van der Waals surface area contributed by atoms with Crippen LogP contribution in [0.5, 0.6) is 0 Å². The van der Waals surface area contributed by atoms with Crippen LogP contribution < -0.4 is 5.73 Å². The van der Waals surface area contributed by atoms with E-state index in [4.69, 9.17) is 10.7 Å². The topological polar surface area (TPSA) is 51.8 Å². The monoisotopic (exact) mass is 245 g/mol. The third-order valence-corrected chi connectivity index (χ3v) is 4.17. The Hall–Kier alpha value is -1.42. The molecule has 4 heteroatoms. The van der Waals surface area contributed by atoms with Crippen LogP contribution in [0, 0.1) is 6.92 Å². The van der Waals surface area contributed by atoms with Crippen molar-refractivity contribution in [2.24, 2.45) is 0 Å². The van der Waals surface area contributed by atoms with E-state index >= 15 is 0 Å². The quantitative estimate of drug-likeness (QED) is 0.840. The van der Waals surface area contributed by atoms with Gasteiger partial charge in [0.25, 0.3) is 0 Å². The molecule has 88 valence electrons. The lowest BCUT2D eigenvalue weighted by atomic mass is 9.96. The Kier molecular flexibility index (Phi) is 2.59. The highest BCUT2D eigenvalue weighted by Gasteiger charge is 2.17. The fourth-order valence-corrected chi connectivity index (χ4v) is 3.16. The summed E-state index contributed by atoms with van der Waals surface area (Å²) in [5.74, 6) is 1.47. The van der Waals surface area contributed by atoms with Crippen LogP contribution in [0.1, 0.15) is 29.7 Å². The zero-order valence-electron chi connectivity index (χ0n) is 9.86. The third-order valence-electron chi connectivity index (χ3n) is 3.31. The molecule has 1 aliphatic carbocycles. The molecule has 0 atom stereocenters. The van der Waals surface area contributed by atoms with E-state index in [1.54, 1.807) is 11.3 Å². The number of nitrogens with two attached hydrogens (primary N) is 1. The zero-order chi connectivity index (χ0) is 11.8. The normalized spacial score (nSPS) is 14.6. The van der Waals surface area contributed by atoms with E-state index in [0.717, 1.165) is 29.9 Å². The Balaban J connectivity index is 2.14. The molecule has 0 aromatic carbocycles. The largest absolute Gasteiger partial charge is 0.383 e. The number of aromatic nitrogens is 2. The summed E-state index contributed by atoms with van der Waals surface area (Å²) < 4.78 is 0. The van der Waals surface area contributed by atoms with Crippen molar-refractivity contribution in [1.82, 2.24) is 9.97 Å². The van der Waals surface area contributed by atoms with E-state index in [9.17, 15) is 0 Å². The Morgan fingerprint density at radius 3 is 2.76 bits per heavy atom. The summed E-state index contributed by atoms with van der Waals surface area (Å²) in [6, 6.07) is 0. The first-order chi connectivity index (χ1) is 8.25. The molecule has 0 fully saturated rings. The van der Waals surface area contributed by atoms with Crippen molar-refractivity contribution in [1.29, 1.82) is 0 Å². The number of hydrogen-bond donors (Lipinski definition) is 1. The van der Waals surface area contributed by atoms with Gasteiger partial charge in [0.1, 0.15) is 5.82 Å². The predicted molar refractivity (Wildman–Crippen MR) is 71.1 cm³/mol. The Morgan fingerprint density at radius 2 is 2.00 bits per heavy atom. The second kappa shape index (κ2) is 4.11. The SMILES string of the molecule is Cc1cscc1-c1nc(N)c2c(n1)CCCC2. The first kappa shape index (κ1) is 10.7. The van der Waals surface area contributed by atoms with Crippen LogP contribution in [0.25, 0.3) is 11.4 Å². The molecule has 3 rings (SSSR count). The maximum Gasteiger partial charge on any atom is 0.162 e. The second-order valence-corrected chi connectivity index (χ2v) is 5.28. The molecule has 3 nitrogen and oxygen atoms in total. The highest BCUT2D eigenvalue weighted by Crippen LogP contribution is 2.29. The smallest absolute Gasteiger partial charge is 0.162 e. The zero-order valence-corrected chi connectivity index (χ0v) is 10.7. The summed E-state index contributed by atoms with van der Waals surface area (Å²) in [6.07, 6.45) is 4.49. The van der Waals surface area contributed by atoms with Crippen LogP contribution in [0.2, 0.25) is 0 Å². The van der Waals surface area contributed by atoms with Crippen LogP contribution in [-0.4, -0.2) is 9.97 Å². The average molecular weight is 245 g/mol. The molecule has 0 bridgehead atoms. The minimum atomic E-state index is 0.676. The van der Waals surface area contributed by atoms with Crippen molar-refractivity contribution in [3.8, 4) is 11.4 Å². The first-order valence-electron chi connectivity index (χ1n) is 5.94. The maximum absolute atomic E-state index is 6.05. The van der Waals surface area contributed by atoms with Crippen molar-refractivity contribution >= 4 is 17.2 Å². The fourth-order valence-electron chi connectivity index (χ4n) is 2.33. The van der Waals surface area contributed by atoms with E-state index in [1.807, 2.05) is 0 Å². The number of anilines is 1. The standard InChI is InChI=1S/C13H15N3S/c1-8-6-17-7-10(8)13-15-11-5-3-2-4-9(11)12(14)16-13/h6-7H,2-5H2,1H3,(H2,14,15,16). The highest BCUT2D eigenvalue weighted by molar-refractivity contribution is 7.08. The summed E-state index contributed by atoms with van der Waals surface area (Å²) in [5, 5.41) is 4.22. The molecule has 1 aliphatic rings. The maximum atomic E-state index is 6.05. The molecule has 0 spiro atoms. The van der Waals surface area contributed by atoms with Crippen LogP contribution >= 0.6 is 11.3 Å². The number of rotatable bonds is 1. The number of nitrogen functional groups attached to an aromatic ring is 1. The second-order valence-electron chi connectivity index (χ2n) is 4.53. The van der Waals surface area contributed by atoms with Gasteiger partial charge in [0.15, 0.2) is 5.82 Å². The molecule has 0 radical (unpaired) electrons. The molecule has 0 saturated carbocycles. The molecule has 0 aliphatic heterocycles. The van der Waals surface area contributed by atoms with Crippen LogP contribution in [0.4, 0.5) is 5.82 Å². The summed E-state index contributed by atoms with van der Waals surface area (Å²) in [7, 11) is 0. The van der Waals surface area contributed by atoms with Gasteiger partial charge in [-0.15, -0.1) is 0 Å². The molecular formula is C13H15N3S. The van der Waals surface area contributed by atoms with Gasteiger partial charge < -0.3 is 5.73 Å². The molecule has 2 heterocycles. The molecule has 0 saturated heterocycles. The lowest BCUT2D eigenvalue weighted by molar-refractivity contribution is 0.666. The van der Waals surface area contributed by atoms with Gasteiger partial charge in [0, 0.05) is 22.2 Å². The summed E-state index contributed by atoms with van der Waals surface area (Å²) in [4.78, 5) is 9.16. The lowest BCUT2D eigenvalue weighted by Crippen LogP contribution is -2.11. The number of thiophene rings is 1. The predicted octanol–water partition coefficient (Wildman–Crippen LogP) is 2.97. The van der Waals surface area contributed by atoms with Gasteiger partial charge in [-0.25, -0.2) is 9.97 Å². The fraction of sp³-hybridized carbons (Fsp3) is 0.385. The Morgan fingerprint density at radius 1 is 1.18 bits per heavy atom. The van der Waals surface area contributed by atoms with Gasteiger partial charge in [-0.2, -0.15) is 11.3 Å². The summed E-state index contributed by atoms with van der Waals surface area (Å²) in [6.45, 7) is 2.09. The Bertz CT molecular complexity index is 560. The van der Waals surface area contributed by atoms with Crippen molar-refractivity contribution < 1.29 is 0 Å². The third kappa shape index (κ3) is 1.82. The van der Waals surface area contributed by atoms with Crippen molar-refractivity contribution in [2.75, 3.05) is 5.73 Å². The van der Waals surface area contributed by atoms with E-state index in [2.05, 4.69) is 22.7 Å². The van der Waals surface area contributed by atoms with E-state index in [1.165, 1.54) is 24.0 Å². The Labute approximate surface area is 105 Å². The van der Waals surface area contributed by atoms with Gasteiger partial charge in [-0.3, -0.25) is 0 Å². The van der Waals surface area contributed by atoms with Gasteiger partial charge in [0.05, 0.1) is 0 Å². The average Bonchev–Trinajstić information content (AvgIpc) is 2.75. The highest BCUT2D eigenvalue weighted by atomic mass is 32.1. The molecular weight excluding hydrogens is 230 g/mol. The molecule has 17 heavy (non-hydrogen) atoms. The van der Waals surface area contributed by atoms with Crippen LogP contribution in [0.3, 0.4) is 0 Å². The number of aryl methyl sites for hydroxylation is 2. The molecule has 0 unspecified atom stereocenters. The van der Waals surface area contributed by atoms with Crippen molar-refractivity contribution in [2.45, 2.75) is 32.6 Å². The summed E-state index contributed by atoms with van der Waals surface area (Å²) >= 11 is 1.68. The van der Waals surface area contributed by atoms with Crippen LogP contribution in [-0.2, 0) is 12.8 Å². The first-order valence-corrected chi connectivity index (χ1v) is 6.88. The lowest BCUT2D eigenvalue weighted by Gasteiger charge is -2.17. The molecule has 2 aromatic heterocycles. The minimum absolute atomic E-state index is 0.676. The van der Waals surface area contributed by atoms with Gasteiger partial charge in [-0.05, 0) is 43.6 Å². The minimum Gasteiger partial charge on any atom is -0.383 e. The van der Waals surface area contributed by atoms with Gasteiger partial charge in [-0.1, -0.05) is 0 Å². The van der Waals surface area contributed by atoms with E-state index in [0.29, 0.717) is 5.82 Å². The van der Waals surface area contributed by atoms with Gasteiger partial charge in [0.2, 0.25) is 0 Å². The van der Waals surface area contributed by atoms with Crippen molar-refractivity contribution in [3.05, 3.63) is 27.6 Å². The number of nitrogens with zero attached hydrogens (tertiary/aromatic N) is 2. The van der Waals surface area contributed by atoms with Gasteiger partial charge >= 0.3 is 0 Å². The molecule has 0 amide bonds. The number of fused-ring (bicyclic) bond motifs is 1. The molecule has 2 aromatic rings. The van der Waals surface area contributed by atoms with E-state index < -0.39 is 0 Å². The van der Waals surface area contributed by atoms with Crippen LogP contribution in [0.15, 0.2) is 10.8 Å².